The van der Waals surface area contributed by atoms with E-state index in [1.165, 1.54) is 5.56 Å². The summed E-state index contributed by atoms with van der Waals surface area (Å²) in [6.45, 7) is 13.0. The first-order valence-corrected chi connectivity index (χ1v) is 14.3. The van der Waals surface area contributed by atoms with Crippen LogP contribution in [0.15, 0.2) is 41.2 Å². The van der Waals surface area contributed by atoms with E-state index in [0.717, 1.165) is 68.6 Å². The molecule has 2 aliphatic rings. The molecule has 2 aromatic heterocycles. The predicted molar refractivity (Wildman–Crippen MR) is 159 cm³/mol. The van der Waals surface area contributed by atoms with Gasteiger partial charge in [-0.2, -0.15) is 5.26 Å². The lowest BCUT2D eigenvalue weighted by Crippen LogP contribution is -2.57. The highest BCUT2D eigenvalue weighted by Crippen LogP contribution is 2.36. The number of piperazine rings is 1. The maximum absolute atomic E-state index is 12.8. The lowest BCUT2D eigenvalue weighted by Gasteiger charge is -2.47. The van der Waals surface area contributed by atoms with Crippen LogP contribution in [0.2, 0.25) is 0 Å². The highest BCUT2D eigenvalue weighted by Gasteiger charge is 2.34. The molecule has 1 unspecified atom stereocenters. The van der Waals surface area contributed by atoms with Crippen molar-refractivity contribution in [1.82, 2.24) is 19.4 Å². The highest BCUT2D eigenvalue weighted by molar-refractivity contribution is 5.89. The molecule has 5 rings (SSSR count). The van der Waals surface area contributed by atoms with Gasteiger partial charge in [-0.3, -0.25) is 14.6 Å². The van der Waals surface area contributed by atoms with E-state index >= 15 is 0 Å². The normalized spacial score (nSPS) is 21.0. The summed E-state index contributed by atoms with van der Waals surface area (Å²) in [6.07, 6.45) is 0. The number of hydrogen-bond acceptors (Lipinski definition) is 9. The minimum Gasteiger partial charge on any atom is -0.493 e. The van der Waals surface area contributed by atoms with Crippen molar-refractivity contribution in [2.24, 2.45) is 7.05 Å². The first-order valence-electron chi connectivity index (χ1n) is 14.3. The monoisotopic (exact) mass is 560 g/mol. The molecule has 0 spiro atoms. The summed E-state index contributed by atoms with van der Waals surface area (Å²) in [5.74, 6) is 1.49. The molecule has 1 aromatic carbocycles. The van der Waals surface area contributed by atoms with Crippen molar-refractivity contribution in [3.63, 3.8) is 0 Å². The molecule has 0 N–H and O–H groups in total. The van der Waals surface area contributed by atoms with Gasteiger partial charge in [-0.15, -0.1) is 0 Å². The van der Waals surface area contributed by atoms with Crippen molar-refractivity contribution in [3.05, 3.63) is 58.0 Å². The third-order valence-corrected chi connectivity index (χ3v) is 8.46. The SMILES string of the molecule is COc1ccc(C(C)N2C[C@H](C)N(c3cc(=O)n(C)c4ccc(C#N)nc34)C[C@H]2C)cc1OCCN1CCOCC1. The van der Waals surface area contributed by atoms with Crippen LogP contribution in [0.5, 0.6) is 11.5 Å². The summed E-state index contributed by atoms with van der Waals surface area (Å²) in [6, 6.07) is 13.9. The second kappa shape index (κ2) is 12.5. The fourth-order valence-electron chi connectivity index (χ4n) is 5.99. The zero-order valence-electron chi connectivity index (χ0n) is 24.7. The van der Waals surface area contributed by atoms with Gasteiger partial charge in [0.25, 0.3) is 5.56 Å². The molecule has 2 aliphatic heterocycles. The van der Waals surface area contributed by atoms with Gasteiger partial charge in [0.1, 0.15) is 23.9 Å². The number of pyridine rings is 2. The molecule has 2 saturated heterocycles. The average Bonchev–Trinajstić information content (AvgIpc) is 2.99. The van der Waals surface area contributed by atoms with Crippen LogP contribution in [-0.4, -0.2) is 91.1 Å². The number of ether oxygens (including phenoxy) is 3. The van der Waals surface area contributed by atoms with Crippen molar-refractivity contribution in [3.8, 4) is 17.6 Å². The van der Waals surface area contributed by atoms with Crippen molar-refractivity contribution in [1.29, 1.82) is 5.26 Å². The molecule has 4 heterocycles. The zero-order chi connectivity index (χ0) is 29.1. The number of methoxy groups -OCH3 is 1. The van der Waals surface area contributed by atoms with E-state index in [1.54, 1.807) is 30.9 Å². The van der Waals surface area contributed by atoms with E-state index < -0.39 is 0 Å². The van der Waals surface area contributed by atoms with Crippen LogP contribution in [0.25, 0.3) is 11.0 Å². The first-order chi connectivity index (χ1) is 19.8. The number of hydrogen-bond donors (Lipinski definition) is 0. The number of fused-ring (bicyclic) bond motifs is 1. The summed E-state index contributed by atoms with van der Waals surface area (Å²) in [5, 5.41) is 9.46. The van der Waals surface area contributed by atoms with Gasteiger partial charge in [0.05, 0.1) is 31.5 Å². The smallest absolute Gasteiger partial charge is 0.252 e. The lowest BCUT2D eigenvalue weighted by molar-refractivity contribution is 0.0321. The van der Waals surface area contributed by atoms with Crippen molar-refractivity contribution >= 4 is 16.7 Å². The van der Waals surface area contributed by atoms with Gasteiger partial charge < -0.3 is 23.7 Å². The molecular weight excluding hydrogens is 520 g/mol. The van der Waals surface area contributed by atoms with Crippen LogP contribution in [0.4, 0.5) is 5.69 Å². The Morgan fingerprint density at radius 2 is 1.88 bits per heavy atom. The fourth-order valence-corrected chi connectivity index (χ4v) is 5.99. The number of benzene rings is 1. The molecule has 10 nitrogen and oxygen atoms in total. The number of anilines is 1. The quantitative estimate of drug-likeness (QED) is 0.412. The Hall–Kier alpha value is -3.65. The number of rotatable bonds is 8. The third-order valence-electron chi connectivity index (χ3n) is 8.46. The maximum atomic E-state index is 12.8. The second-order valence-corrected chi connectivity index (χ2v) is 11.0. The molecule has 3 atom stereocenters. The Labute approximate surface area is 241 Å². The summed E-state index contributed by atoms with van der Waals surface area (Å²) in [4.78, 5) is 24.6. The molecule has 218 valence electrons. The van der Waals surface area contributed by atoms with Gasteiger partial charge >= 0.3 is 0 Å². The number of aromatic nitrogens is 2. The summed E-state index contributed by atoms with van der Waals surface area (Å²) in [5.41, 5.74) is 3.61. The van der Waals surface area contributed by atoms with E-state index in [-0.39, 0.29) is 23.7 Å². The van der Waals surface area contributed by atoms with E-state index in [2.05, 4.69) is 58.7 Å². The molecule has 41 heavy (non-hydrogen) atoms. The molecule has 10 heteroatoms. The number of nitriles is 1. The van der Waals surface area contributed by atoms with E-state index in [4.69, 9.17) is 14.2 Å². The van der Waals surface area contributed by atoms with Crippen LogP contribution < -0.4 is 19.9 Å². The maximum Gasteiger partial charge on any atom is 0.252 e. The first kappa shape index (κ1) is 28.9. The minimum absolute atomic E-state index is 0.0889. The summed E-state index contributed by atoms with van der Waals surface area (Å²) >= 11 is 0. The Balaban J connectivity index is 1.34. The Bertz CT molecular complexity index is 1480. The van der Waals surface area contributed by atoms with E-state index in [0.29, 0.717) is 17.8 Å². The largest absolute Gasteiger partial charge is 0.493 e. The van der Waals surface area contributed by atoms with Gasteiger partial charge in [0, 0.05) is 64.0 Å². The Kier molecular flexibility index (Phi) is 8.78. The van der Waals surface area contributed by atoms with Crippen LogP contribution in [0, 0.1) is 11.3 Å². The molecule has 2 fully saturated rings. The Morgan fingerprint density at radius 3 is 2.61 bits per heavy atom. The predicted octanol–water partition coefficient (Wildman–Crippen LogP) is 3.18. The lowest BCUT2D eigenvalue weighted by atomic mass is 9.99. The average molecular weight is 561 g/mol. The van der Waals surface area contributed by atoms with Gasteiger partial charge in [-0.1, -0.05) is 6.07 Å². The number of morpholine rings is 1. The zero-order valence-corrected chi connectivity index (χ0v) is 24.7. The molecule has 0 amide bonds. The number of nitrogens with zero attached hydrogens (tertiary/aromatic N) is 6. The topological polar surface area (TPSA) is 96.1 Å². The minimum atomic E-state index is -0.0889. The van der Waals surface area contributed by atoms with Gasteiger partial charge in [-0.05, 0) is 50.6 Å². The van der Waals surface area contributed by atoms with E-state index in [1.807, 2.05) is 12.1 Å². The van der Waals surface area contributed by atoms with Crippen molar-refractivity contribution in [2.75, 3.05) is 64.6 Å². The van der Waals surface area contributed by atoms with Crippen LogP contribution in [-0.2, 0) is 11.8 Å². The fraction of sp³-hybridized carbons (Fsp3) is 0.516. The molecule has 0 saturated carbocycles. The van der Waals surface area contributed by atoms with Crippen molar-refractivity contribution < 1.29 is 14.2 Å². The summed E-state index contributed by atoms with van der Waals surface area (Å²) in [7, 11) is 3.41. The highest BCUT2D eigenvalue weighted by atomic mass is 16.5. The molecular formula is C31H40N6O4. The van der Waals surface area contributed by atoms with Crippen LogP contribution in [0.3, 0.4) is 0 Å². The molecule has 0 aliphatic carbocycles. The standard InChI is InChI=1S/C31H40N6O4/c1-21-20-37(27-17-30(38)34(4)26-8-7-25(18-32)33-31(26)27)22(2)19-36(21)23(3)24-6-9-28(39-5)29(16-24)41-15-12-35-10-13-40-14-11-35/h6-9,16-17,21-23H,10-15,19-20H2,1-5H3/t21-,22+,23?/m1/s1. The molecule has 3 aromatic rings. The third kappa shape index (κ3) is 6.03. The Morgan fingerprint density at radius 1 is 1.10 bits per heavy atom. The summed E-state index contributed by atoms with van der Waals surface area (Å²) < 4.78 is 18.9. The second-order valence-electron chi connectivity index (χ2n) is 11.0. The number of aryl methyl sites for hydroxylation is 1. The molecule has 0 bridgehead atoms. The van der Waals surface area contributed by atoms with E-state index in [9.17, 15) is 10.1 Å². The van der Waals surface area contributed by atoms with Crippen LogP contribution in [0.1, 0.15) is 38.1 Å². The van der Waals surface area contributed by atoms with Gasteiger partial charge in [-0.25, -0.2) is 4.98 Å². The van der Waals surface area contributed by atoms with Crippen molar-refractivity contribution in [2.45, 2.75) is 38.9 Å². The van der Waals surface area contributed by atoms with Crippen LogP contribution >= 0.6 is 0 Å². The van der Waals surface area contributed by atoms with Gasteiger partial charge in [0.15, 0.2) is 11.5 Å². The van der Waals surface area contributed by atoms with Gasteiger partial charge in [0.2, 0.25) is 0 Å². The molecule has 0 radical (unpaired) electrons.